The minimum absolute atomic E-state index is 0. The Kier molecular flexibility index (Phi) is 30.6. The van der Waals surface area contributed by atoms with Gasteiger partial charge in [0, 0.05) is 0 Å². The Hall–Kier alpha value is 4.13. The predicted octanol–water partition coefficient (Wildman–Crippen LogP) is -0.259. The molecule has 0 unspecified atom stereocenters. The van der Waals surface area contributed by atoms with Crippen LogP contribution in [-0.2, 0) is 0 Å². The molecule has 3 heteroatoms. The molecular formula is C6H9K3. The summed E-state index contributed by atoms with van der Waals surface area (Å²) in [4.78, 5) is 0. The maximum absolute atomic E-state index is 2.00. The van der Waals surface area contributed by atoms with Crippen molar-refractivity contribution in [2.75, 3.05) is 0 Å². The minimum Gasteiger partial charge on any atom is -0.0623 e. The van der Waals surface area contributed by atoms with Gasteiger partial charge in [0.25, 0.3) is 0 Å². The summed E-state index contributed by atoms with van der Waals surface area (Å²) in [5.74, 6) is 0. The average Bonchev–Trinajstić information content (AvgIpc) is 1.72. The van der Waals surface area contributed by atoms with Gasteiger partial charge < -0.3 is 0 Å². The van der Waals surface area contributed by atoms with Crippen LogP contribution in [0.3, 0.4) is 0 Å². The SMILES string of the molecule is [KH].[KH].[KH].c1ccccc1. The van der Waals surface area contributed by atoms with Gasteiger partial charge in [0.1, 0.15) is 0 Å². The summed E-state index contributed by atoms with van der Waals surface area (Å²) >= 11 is 0. The van der Waals surface area contributed by atoms with Gasteiger partial charge in [-0.15, -0.1) is 0 Å². The van der Waals surface area contributed by atoms with Crippen molar-refractivity contribution in [2.45, 2.75) is 0 Å². The van der Waals surface area contributed by atoms with Gasteiger partial charge in [0.15, 0.2) is 0 Å². The van der Waals surface area contributed by atoms with Crippen LogP contribution in [0.1, 0.15) is 0 Å². The summed E-state index contributed by atoms with van der Waals surface area (Å²) < 4.78 is 0. The summed E-state index contributed by atoms with van der Waals surface area (Å²) in [6.07, 6.45) is 0. The second-order valence-electron chi connectivity index (χ2n) is 1.15. The molecule has 0 amide bonds. The number of hydrogen-bond donors (Lipinski definition) is 0. The molecule has 0 heterocycles. The van der Waals surface area contributed by atoms with E-state index in [0.29, 0.717) is 0 Å². The van der Waals surface area contributed by atoms with Crippen molar-refractivity contribution in [1.82, 2.24) is 0 Å². The molecule has 0 aliphatic carbocycles. The first-order valence-electron chi connectivity index (χ1n) is 2.00. The van der Waals surface area contributed by atoms with E-state index < -0.39 is 0 Å². The zero-order valence-corrected chi connectivity index (χ0v) is 3.46. The van der Waals surface area contributed by atoms with Gasteiger partial charge in [0.05, 0.1) is 0 Å². The Labute approximate surface area is 184 Å². The van der Waals surface area contributed by atoms with Gasteiger partial charge in [-0.25, -0.2) is 0 Å². The normalized spacial score (nSPS) is 5.33. The molecule has 0 N–H and O–H groups in total. The van der Waals surface area contributed by atoms with Crippen LogP contribution in [0.2, 0.25) is 0 Å². The van der Waals surface area contributed by atoms with Crippen molar-refractivity contribution in [2.24, 2.45) is 0 Å². The molecular weight excluding hydrogens is 189 g/mol. The first-order chi connectivity index (χ1) is 3.00. The summed E-state index contributed by atoms with van der Waals surface area (Å²) in [6.45, 7) is 0. The molecule has 0 atom stereocenters. The Morgan fingerprint density at radius 1 is 0.333 bits per heavy atom. The summed E-state index contributed by atoms with van der Waals surface area (Å²) in [5.41, 5.74) is 0. The monoisotopic (exact) mass is 198 g/mol. The maximum Gasteiger partial charge on any atom is -0.0623 e. The molecule has 0 aliphatic heterocycles. The molecule has 0 radical (unpaired) electrons. The number of benzene rings is 1. The molecule has 36 valence electrons. The second kappa shape index (κ2) is 14.6. The van der Waals surface area contributed by atoms with Crippen LogP contribution in [0.15, 0.2) is 36.4 Å². The zero-order chi connectivity index (χ0) is 4.24. The fourth-order valence-corrected chi connectivity index (χ4v) is 0.385. The van der Waals surface area contributed by atoms with E-state index in [4.69, 9.17) is 0 Å². The molecule has 0 nitrogen and oxygen atoms in total. The third-order valence-electron chi connectivity index (χ3n) is 0.667. The molecule has 0 spiro atoms. The number of rotatable bonds is 0. The topological polar surface area (TPSA) is 0 Å². The van der Waals surface area contributed by atoms with E-state index in [-0.39, 0.29) is 154 Å². The molecule has 0 aliphatic rings. The summed E-state index contributed by atoms with van der Waals surface area (Å²) in [7, 11) is 0. The van der Waals surface area contributed by atoms with E-state index in [1.54, 1.807) is 0 Å². The molecule has 0 aromatic heterocycles. The van der Waals surface area contributed by atoms with Crippen molar-refractivity contribution in [1.29, 1.82) is 0 Å². The van der Waals surface area contributed by atoms with Crippen LogP contribution >= 0.6 is 0 Å². The Morgan fingerprint density at radius 3 is 0.556 bits per heavy atom. The van der Waals surface area contributed by atoms with Crippen molar-refractivity contribution < 1.29 is 0 Å². The van der Waals surface area contributed by atoms with Crippen molar-refractivity contribution >= 4 is 154 Å². The summed E-state index contributed by atoms with van der Waals surface area (Å²) in [5, 5.41) is 0. The molecule has 0 saturated carbocycles. The third kappa shape index (κ3) is 12.1. The van der Waals surface area contributed by atoms with Gasteiger partial charge in [-0.05, 0) is 0 Å². The van der Waals surface area contributed by atoms with Crippen LogP contribution in [0, 0.1) is 0 Å². The fraction of sp³-hybridized carbons (Fsp3) is 0. The molecule has 1 aromatic carbocycles. The van der Waals surface area contributed by atoms with E-state index >= 15 is 0 Å². The smallest absolute Gasteiger partial charge is 0.0623 e. The number of hydrogen-bond acceptors (Lipinski definition) is 0. The van der Waals surface area contributed by atoms with E-state index in [1.807, 2.05) is 36.4 Å². The van der Waals surface area contributed by atoms with Gasteiger partial charge in [-0.2, -0.15) is 0 Å². The quantitative estimate of drug-likeness (QED) is 0.504. The zero-order valence-electron chi connectivity index (χ0n) is 3.46. The largest absolute Gasteiger partial charge is 0.0623 e. The molecule has 0 bridgehead atoms. The van der Waals surface area contributed by atoms with Crippen molar-refractivity contribution in [3.63, 3.8) is 0 Å². The first-order valence-corrected chi connectivity index (χ1v) is 2.00. The Balaban J connectivity index is -0.000000120. The van der Waals surface area contributed by atoms with E-state index in [9.17, 15) is 0 Å². The van der Waals surface area contributed by atoms with E-state index in [0.717, 1.165) is 0 Å². The van der Waals surface area contributed by atoms with Crippen LogP contribution < -0.4 is 0 Å². The average molecular weight is 198 g/mol. The van der Waals surface area contributed by atoms with Crippen LogP contribution in [0.4, 0.5) is 0 Å². The van der Waals surface area contributed by atoms with Crippen LogP contribution in [0.5, 0.6) is 0 Å². The maximum atomic E-state index is 2.00. The van der Waals surface area contributed by atoms with Gasteiger partial charge in [-0.1, -0.05) is 36.4 Å². The first kappa shape index (κ1) is 18.8. The van der Waals surface area contributed by atoms with Crippen LogP contribution in [-0.4, -0.2) is 154 Å². The molecule has 0 fully saturated rings. The molecule has 0 saturated heterocycles. The predicted molar refractivity (Wildman–Crippen MR) is 47.9 cm³/mol. The van der Waals surface area contributed by atoms with Gasteiger partial charge >= 0.3 is 154 Å². The second-order valence-corrected chi connectivity index (χ2v) is 1.15. The minimum atomic E-state index is 0. The van der Waals surface area contributed by atoms with Crippen molar-refractivity contribution in [3.05, 3.63) is 36.4 Å². The summed E-state index contributed by atoms with van der Waals surface area (Å²) in [6, 6.07) is 12.0. The molecule has 9 heavy (non-hydrogen) atoms. The van der Waals surface area contributed by atoms with E-state index in [1.165, 1.54) is 0 Å². The third-order valence-corrected chi connectivity index (χ3v) is 0.667. The van der Waals surface area contributed by atoms with Crippen molar-refractivity contribution in [3.8, 4) is 0 Å². The Morgan fingerprint density at radius 2 is 0.444 bits per heavy atom. The van der Waals surface area contributed by atoms with E-state index in [2.05, 4.69) is 0 Å². The Bertz CT molecular complexity index is 80.2. The van der Waals surface area contributed by atoms with Gasteiger partial charge in [-0.3, -0.25) is 0 Å². The molecule has 1 aromatic rings. The molecule has 1 rings (SSSR count). The fourth-order valence-electron chi connectivity index (χ4n) is 0.385. The standard InChI is InChI=1S/C6H6.3K.3H/c1-2-4-6-5-3-1;;;;;;/h1-6H;;;;;;. The van der Waals surface area contributed by atoms with Gasteiger partial charge in [0.2, 0.25) is 0 Å². The van der Waals surface area contributed by atoms with Crippen LogP contribution in [0.25, 0.3) is 0 Å².